The average molecular weight is 215 g/mol. The standard InChI is InChI=1S/C11H21NO3/c1-11(2,3)9(13)8-5-4-6-12(7-8)10(14)15/h8-9,13H,4-7H2,1-3H3,(H,14,15). The molecule has 15 heavy (non-hydrogen) atoms. The Morgan fingerprint density at radius 1 is 1.47 bits per heavy atom. The molecule has 0 aromatic carbocycles. The fourth-order valence-electron chi connectivity index (χ4n) is 2.15. The molecule has 0 saturated carbocycles. The fraction of sp³-hybridized carbons (Fsp3) is 0.909. The number of carbonyl (C=O) groups is 1. The highest BCUT2D eigenvalue weighted by molar-refractivity contribution is 5.65. The van der Waals surface area contributed by atoms with Crippen LogP contribution in [0.25, 0.3) is 0 Å². The molecule has 1 heterocycles. The SMILES string of the molecule is CC(C)(C)C(O)C1CCCN(C(=O)O)C1. The molecule has 1 saturated heterocycles. The zero-order valence-corrected chi connectivity index (χ0v) is 9.73. The summed E-state index contributed by atoms with van der Waals surface area (Å²) in [5, 5.41) is 19.0. The minimum atomic E-state index is -0.874. The van der Waals surface area contributed by atoms with Crippen molar-refractivity contribution in [1.29, 1.82) is 0 Å². The number of carboxylic acid groups (broad SMARTS) is 1. The van der Waals surface area contributed by atoms with E-state index >= 15 is 0 Å². The number of nitrogens with zero attached hydrogens (tertiary/aromatic N) is 1. The number of likely N-dealkylation sites (tertiary alicyclic amines) is 1. The molecule has 1 aliphatic rings. The van der Waals surface area contributed by atoms with E-state index in [2.05, 4.69) is 0 Å². The van der Waals surface area contributed by atoms with Crippen LogP contribution in [0.1, 0.15) is 33.6 Å². The van der Waals surface area contributed by atoms with Crippen LogP contribution in [0.3, 0.4) is 0 Å². The average Bonchev–Trinajstić information content (AvgIpc) is 2.15. The van der Waals surface area contributed by atoms with Crippen molar-refractivity contribution in [3.8, 4) is 0 Å². The highest BCUT2D eigenvalue weighted by atomic mass is 16.4. The zero-order valence-electron chi connectivity index (χ0n) is 9.73. The van der Waals surface area contributed by atoms with Gasteiger partial charge in [-0.25, -0.2) is 4.79 Å². The highest BCUT2D eigenvalue weighted by Gasteiger charge is 2.34. The van der Waals surface area contributed by atoms with E-state index in [1.54, 1.807) is 0 Å². The largest absolute Gasteiger partial charge is 0.465 e. The Bertz CT molecular complexity index is 234. The van der Waals surface area contributed by atoms with Crippen LogP contribution >= 0.6 is 0 Å². The van der Waals surface area contributed by atoms with Gasteiger partial charge in [-0.05, 0) is 18.3 Å². The van der Waals surface area contributed by atoms with Crippen LogP contribution in [0, 0.1) is 11.3 Å². The van der Waals surface area contributed by atoms with E-state index in [4.69, 9.17) is 5.11 Å². The lowest BCUT2D eigenvalue weighted by atomic mass is 9.78. The first-order valence-corrected chi connectivity index (χ1v) is 5.48. The molecule has 1 amide bonds. The van der Waals surface area contributed by atoms with Crippen molar-refractivity contribution in [2.45, 2.75) is 39.7 Å². The van der Waals surface area contributed by atoms with E-state index in [-0.39, 0.29) is 11.3 Å². The van der Waals surface area contributed by atoms with Crippen LogP contribution in [-0.2, 0) is 0 Å². The smallest absolute Gasteiger partial charge is 0.407 e. The van der Waals surface area contributed by atoms with Gasteiger partial charge in [0.05, 0.1) is 6.10 Å². The predicted molar refractivity (Wildman–Crippen MR) is 57.8 cm³/mol. The first kappa shape index (κ1) is 12.3. The monoisotopic (exact) mass is 215 g/mol. The van der Waals surface area contributed by atoms with Crippen LogP contribution < -0.4 is 0 Å². The Kier molecular flexibility index (Phi) is 3.60. The second-order valence-electron chi connectivity index (χ2n) is 5.44. The van der Waals surface area contributed by atoms with Crippen LogP contribution in [0.2, 0.25) is 0 Å². The quantitative estimate of drug-likeness (QED) is 0.701. The molecule has 0 aromatic rings. The third-order valence-corrected chi connectivity index (χ3v) is 3.06. The van der Waals surface area contributed by atoms with Crippen molar-refractivity contribution >= 4 is 6.09 Å². The lowest BCUT2D eigenvalue weighted by Gasteiger charge is -2.38. The number of hydrogen-bond donors (Lipinski definition) is 2. The van der Waals surface area contributed by atoms with Crippen LogP contribution in [0.4, 0.5) is 4.79 Å². The van der Waals surface area contributed by atoms with Gasteiger partial charge in [-0.15, -0.1) is 0 Å². The molecule has 4 nitrogen and oxygen atoms in total. The van der Waals surface area contributed by atoms with E-state index in [1.807, 2.05) is 20.8 Å². The summed E-state index contributed by atoms with van der Waals surface area (Å²) in [5.74, 6) is 0.0786. The maximum atomic E-state index is 10.8. The molecule has 0 radical (unpaired) electrons. The number of aliphatic hydroxyl groups is 1. The molecule has 2 unspecified atom stereocenters. The van der Waals surface area contributed by atoms with Gasteiger partial charge in [-0.3, -0.25) is 0 Å². The maximum absolute atomic E-state index is 10.8. The number of amides is 1. The molecular formula is C11H21NO3. The summed E-state index contributed by atoms with van der Waals surface area (Å²) in [4.78, 5) is 12.2. The second kappa shape index (κ2) is 4.39. The van der Waals surface area contributed by atoms with Crippen LogP contribution in [0.15, 0.2) is 0 Å². The molecule has 0 aromatic heterocycles. The minimum absolute atomic E-state index is 0.0786. The molecule has 88 valence electrons. The van der Waals surface area contributed by atoms with Gasteiger partial charge in [0.15, 0.2) is 0 Å². The van der Waals surface area contributed by atoms with Gasteiger partial charge in [0.2, 0.25) is 0 Å². The van der Waals surface area contributed by atoms with Gasteiger partial charge in [0.1, 0.15) is 0 Å². The Morgan fingerprint density at radius 2 is 2.07 bits per heavy atom. The molecule has 2 atom stereocenters. The summed E-state index contributed by atoms with van der Waals surface area (Å²) in [6, 6.07) is 0. The zero-order chi connectivity index (χ0) is 11.6. The third kappa shape index (κ3) is 3.09. The minimum Gasteiger partial charge on any atom is -0.465 e. The van der Waals surface area contributed by atoms with Crippen molar-refractivity contribution in [2.75, 3.05) is 13.1 Å². The Morgan fingerprint density at radius 3 is 2.53 bits per heavy atom. The normalized spacial score (nSPS) is 25.1. The summed E-state index contributed by atoms with van der Waals surface area (Å²) >= 11 is 0. The molecule has 0 bridgehead atoms. The highest BCUT2D eigenvalue weighted by Crippen LogP contribution is 2.30. The van der Waals surface area contributed by atoms with E-state index < -0.39 is 12.2 Å². The Balaban J connectivity index is 2.60. The molecule has 4 heteroatoms. The van der Waals surface area contributed by atoms with E-state index in [0.29, 0.717) is 13.1 Å². The Labute approximate surface area is 90.9 Å². The van der Waals surface area contributed by atoms with Gasteiger partial charge in [0.25, 0.3) is 0 Å². The lowest BCUT2D eigenvalue weighted by molar-refractivity contribution is -0.0152. The first-order valence-electron chi connectivity index (χ1n) is 5.48. The molecule has 1 rings (SSSR count). The van der Waals surface area contributed by atoms with Crippen LogP contribution in [-0.4, -0.2) is 40.4 Å². The first-order chi connectivity index (χ1) is 6.82. The number of aliphatic hydroxyl groups excluding tert-OH is 1. The molecule has 2 N–H and O–H groups in total. The predicted octanol–water partition coefficient (Wildman–Crippen LogP) is 1.78. The van der Waals surface area contributed by atoms with Crippen molar-refractivity contribution in [3.63, 3.8) is 0 Å². The Hall–Kier alpha value is -0.770. The molecule has 1 aliphatic heterocycles. The van der Waals surface area contributed by atoms with Crippen molar-refractivity contribution in [3.05, 3.63) is 0 Å². The fourth-order valence-corrected chi connectivity index (χ4v) is 2.15. The van der Waals surface area contributed by atoms with Crippen LogP contribution in [0.5, 0.6) is 0 Å². The van der Waals surface area contributed by atoms with Gasteiger partial charge in [-0.2, -0.15) is 0 Å². The summed E-state index contributed by atoms with van der Waals surface area (Å²) in [7, 11) is 0. The number of hydrogen-bond acceptors (Lipinski definition) is 2. The topological polar surface area (TPSA) is 60.8 Å². The number of piperidine rings is 1. The lowest BCUT2D eigenvalue weighted by Crippen LogP contribution is -2.46. The van der Waals surface area contributed by atoms with E-state index in [0.717, 1.165) is 12.8 Å². The third-order valence-electron chi connectivity index (χ3n) is 3.06. The summed E-state index contributed by atoms with van der Waals surface area (Å²) in [6.45, 7) is 7.02. The molecular weight excluding hydrogens is 194 g/mol. The van der Waals surface area contributed by atoms with Gasteiger partial charge in [-0.1, -0.05) is 20.8 Å². The maximum Gasteiger partial charge on any atom is 0.407 e. The van der Waals surface area contributed by atoms with Crippen molar-refractivity contribution < 1.29 is 15.0 Å². The molecule has 0 aliphatic carbocycles. The van der Waals surface area contributed by atoms with Gasteiger partial charge >= 0.3 is 6.09 Å². The molecule has 0 spiro atoms. The van der Waals surface area contributed by atoms with Gasteiger partial charge < -0.3 is 15.1 Å². The van der Waals surface area contributed by atoms with Crippen molar-refractivity contribution in [2.24, 2.45) is 11.3 Å². The van der Waals surface area contributed by atoms with E-state index in [9.17, 15) is 9.90 Å². The summed E-state index contributed by atoms with van der Waals surface area (Å²) < 4.78 is 0. The summed E-state index contributed by atoms with van der Waals surface area (Å²) in [5.41, 5.74) is -0.174. The van der Waals surface area contributed by atoms with Gasteiger partial charge in [0, 0.05) is 19.0 Å². The van der Waals surface area contributed by atoms with Crippen molar-refractivity contribution in [1.82, 2.24) is 4.90 Å². The van der Waals surface area contributed by atoms with E-state index in [1.165, 1.54) is 4.90 Å². The second-order valence-corrected chi connectivity index (χ2v) is 5.44. The molecule has 1 fully saturated rings. The number of rotatable bonds is 1. The summed E-state index contributed by atoms with van der Waals surface area (Å²) in [6.07, 6.45) is 0.465.